The summed E-state index contributed by atoms with van der Waals surface area (Å²) in [7, 11) is 0. The van der Waals surface area contributed by atoms with Crippen LogP contribution in [0.3, 0.4) is 0 Å². The van der Waals surface area contributed by atoms with Crippen molar-refractivity contribution in [3.63, 3.8) is 0 Å². The lowest BCUT2D eigenvalue weighted by molar-refractivity contribution is -0.386. The number of rotatable bonds is 6. The number of nitro groups is 2. The van der Waals surface area contributed by atoms with Gasteiger partial charge < -0.3 is 5.32 Å². The maximum Gasteiger partial charge on any atom is 0.276 e. The van der Waals surface area contributed by atoms with Crippen LogP contribution in [0.15, 0.2) is 65.1 Å². The summed E-state index contributed by atoms with van der Waals surface area (Å²) in [6, 6.07) is 10.3. The fraction of sp³-hybridized carbons (Fsp3) is 0.211. The molecule has 2 aromatic carbocycles. The highest BCUT2D eigenvalue weighted by Crippen LogP contribution is 2.44. The molecular formula is C19H17N5O6. The van der Waals surface area contributed by atoms with Gasteiger partial charge in [0.1, 0.15) is 6.04 Å². The number of nitro benzene ring substituents is 2. The van der Waals surface area contributed by atoms with E-state index < -0.39 is 27.8 Å². The lowest BCUT2D eigenvalue weighted by Crippen LogP contribution is -2.44. The number of nitrogens with one attached hydrogen (secondary N) is 1. The van der Waals surface area contributed by atoms with E-state index in [2.05, 4.69) is 10.6 Å². The van der Waals surface area contributed by atoms with Crippen LogP contribution in [-0.4, -0.2) is 20.6 Å². The van der Waals surface area contributed by atoms with Crippen molar-refractivity contribution in [2.45, 2.75) is 26.1 Å². The Kier molecular flexibility index (Phi) is 5.54. The second kappa shape index (κ2) is 8.07. The molecule has 11 nitrogen and oxygen atoms in total. The minimum atomic E-state index is -1.20. The van der Waals surface area contributed by atoms with E-state index in [-0.39, 0.29) is 28.1 Å². The zero-order chi connectivity index (χ0) is 22.0. The van der Waals surface area contributed by atoms with Crippen LogP contribution in [0.2, 0.25) is 0 Å². The summed E-state index contributed by atoms with van der Waals surface area (Å²) in [5.41, 5.74) is 0.103. The molecule has 30 heavy (non-hydrogen) atoms. The van der Waals surface area contributed by atoms with Gasteiger partial charge in [0, 0.05) is 23.4 Å². The van der Waals surface area contributed by atoms with Crippen molar-refractivity contribution < 1.29 is 14.6 Å². The average molecular weight is 411 g/mol. The van der Waals surface area contributed by atoms with Crippen LogP contribution in [0, 0.1) is 25.1 Å². The molecule has 1 aliphatic heterocycles. The normalized spacial score (nSPS) is 18.5. The maximum atomic E-state index is 12.4. The van der Waals surface area contributed by atoms with Crippen molar-refractivity contribution in [2.75, 3.05) is 0 Å². The predicted molar refractivity (Wildman–Crippen MR) is 106 cm³/mol. The molecular weight excluding hydrogens is 394 g/mol. The van der Waals surface area contributed by atoms with Gasteiger partial charge in [-0.15, -0.1) is 4.91 Å². The molecule has 0 bridgehead atoms. The molecule has 154 valence electrons. The highest BCUT2D eigenvalue weighted by atomic mass is 16.6. The molecule has 3 rings (SSSR count). The first kappa shape index (κ1) is 20.6. The van der Waals surface area contributed by atoms with E-state index in [4.69, 9.17) is 0 Å². The van der Waals surface area contributed by atoms with Crippen LogP contribution < -0.4 is 5.32 Å². The molecule has 1 N–H and O–H groups in total. The third-order valence-corrected chi connectivity index (χ3v) is 4.89. The maximum absolute atomic E-state index is 12.4. The van der Waals surface area contributed by atoms with Gasteiger partial charge in [-0.25, -0.2) is 5.01 Å². The van der Waals surface area contributed by atoms with Crippen LogP contribution in [0.25, 0.3) is 0 Å². The van der Waals surface area contributed by atoms with Crippen LogP contribution in [0.5, 0.6) is 0 Å². The van der Waals surface area contributed by atoms with Gasteiger partial charge in [-0.05, 0) is 26.0 Å². The summed E-state index contributed by atoms with van der Waals surface area (Å²) < 4.78 is 0. The lowest BCUT2D eigenvalue weighted by Gasteiger charge is -2.40. The number of carbonyl (C=O) groups excluding carboxylic acids is 1. The van der Waals surface area contributed by atoms with Crippen molar-refractivity contribution >= 4 is 17.2 Å². The summed E-state index contributed by atoms with van der Waals surface area (Å²) in [6.07, 6.45) is -1.11. The SMILES string of the molecule is CC(=O)C1=C(C)N[C@@H](c2ccccc2[N+](=O)[O-])N(N=O)[C@H]1c1ccccc1[N+](=O)[O-]. The Bertz CT molecular complexity index is 1080. The highest BCUT2D eigenvalue weighted by molar-refractivity contribution is 5.95. The van der Waals surface area contributed by atoms with Crippen LogP contribution in [0.4, 0.5) is 11.4 Å². The number of carbonyl (C=O) groups is 1. The number of Topliss-reactive ketones (excluding diaryl/α,β-unsaturated/α-hetero) is 1. The molecule has 0 saturated carbocycles. The Hall–Kier alpha value is -4.15. The molecule has 1 aliphatic rings. The zero-order valence-corrected chi connectivity index (χ0v) is 16.0. The summed E-state index contributed by atoms with van der Waals surface area (Å²) in [6.45, 7) is 2.85. The molecule has 0 spiro atoms. The van der Waals surface area contributed by atoms with Gasteiger partial charge in [-0.3, -0.25) is 25.0 Å². The molecule has 0 aromatic heterocycles. The fourth-order valence-corrected chi connectivity index (χ4v) is 3.67. The number of nitroso groups, excluding NO2 is 1. The van der Waals surface area contributed by atoms with Gasteiger partial charge in [0.05, 0.1) is 26.3 Å². The molecule has 0 unspecified atom stereocenters. The number of benzene rings is 2. The molecule has 11 heteroatoms. The second-order valence-corrected chi connectivity index (χ2v) is 6.64. The third-order valence-electron chi connectivity index (χ3n) is 4.89. The van der Waals surface area contributed by atoms with Gasteiger partial charge in [0.15, 0.2) is 11.9 Å². The predicted octanol–water partition coefficient (Wildman–Crippen LogP) is 3.69. The molecule has 0 amide bonds. The fourth-order valence-electron chi connectivity index (χ4n) is 3.67. The first-order valence-electron chi connectivity index (χ1n) is 8.84. The lowest BCUT2D eigenvalue weighted by atomic mass is 9.89. The summed E-state index contributed by atoms with van der Waals surface area (Å²) in [4.78, 5) is 46.2. The van der Waals surface area contributed by atoms with Crippen molar-refractivity contribution in [1.82, 2.24) is 10.3 Å². The standard InChI is InChI=1S/C19H17N5O6/c1-11-17(12(2)25)18(13-7-3-5-9-15(13)23(27)28)22(21-26)19(20-11)14-8-4-6-10-16(14)24(29)30/h3-10,18-20H,1-2H3/t18-,19+/m0/s1. The largest absolute Gasteiger partial charge is 0.363 e. The van der Waals surface area contributed by atoms with Crippen LogP contribution in [0.1, 0.15) is 37.2 Å². The van der Waals surface area contributed by atoms with E-state index >= 15 is 0 Å². The van der Waals surface area contributed by atoms with Crippen LogP contribution >= 0.6 is 0 Å². The van der Waals surface area contributed by atoms with E-state index in [1.165, 1.54) is 43.3 Å². The first-order chi connectivity index (χ1) is 14.3. The topological polar surface area (TPSA) is 148 Å². The zero-order valence-electron chi connectivity index (χ0n) is 16.0. The minimum Gasteiger partial charge on any atom is -0.363 e. The Morgan fingerprint density at radius 3 is 2.00 bits per heavy atom. The summed E-state index contributed by atoms with van der Waals surface area (Å²) >= 11 is 0. The van der Waals surface area contributed by atoms with E-state index in [1.807, 2.05) is 0 Å². The Morgan fingerprint density at radius 2 is 1.50 bits per heavy atom. The molecule has 0 radical (unpaired) electrons. The molecule has 0 fully saturated rings. The average Bonchev–Trinajstić information content (AvgIpc) is 2.72. The van der Waals surface area contributed by atoms with Crippen LogP contribution in [-0.2, 0) is 4.79 Å². The number of para-hydroxylation sites is 2. The van der Waals surface area contributed by atoms with Gasteiger partial charge in [-0.2, -0.15) is 0 Å². The van der Waals surface area contributed by atoms with E-state index in [1.54, 1.807) is 19.1 Å². The van der Waals surface area contributed by atoms with Gasteiger partial charge in [-0.1, -0.05) is 24.3 Å². The molecule has 2 atom stereocenters. The Labute approximate surface area is 170 Å². The second-order valence-electron chi connectivity index (χ2n) is 6.64. The van der Waals surface area contributed by atoms with Crippen molar-refractivity contribution in [3.8, 4) is 0 Å². The van der Waals surface area contributed by atoms with E-state index in [0.717, 1.165) is 5.01 Å². The summed E-state index contributed by atoms with van der Waals surface area (Å²) in [5, 5.41) is 29.9. The molecule has 0 aliphatic carbocycles. The molecule has 2 aromatic rings. The summed E-state index contributed by atoms with van der Waals surface area (Å²) in [5.74, 6) is -0.419. The minimum absolute atomic E-state index is 0.0803. The molecule has 1 heterocycles. The first-order valence-corrected chi connectivity index (χ1v) is 8.84. The number of hydrogen-bond donors (Lipinski definition) is 1. The Balaban J connectivity index is 2.28. The van der Waals surface area contributed by atoms with Gasteiger partial charge in [0.2, 0.25) is 0 Å². The quantitative estimate of drug-likeness (QED) is 0.430. The Morgan fingerprint density at radius 1 is 1.00 bits per heavy atom. The molecule has 0 saturated heterocycles. The van der Waals surface area contributed by atoms with E-state index in [9.17, 15) is 29.9 Å². The number of ketones is 1. The van der Waals surface area contributed by atoms with Crippen molar-refractivity contribution in [1.29, 1.82) is 0 Å². The monoisotopic (exact) mass is 411 g/mol. The smallest absolute Gasteiger partial charge is 0.276 e. The number of nitrogens with zero attached hydrogens (tertiary/aromatic N) is 4. The van der Waals surface area contributed by atoms with Crippen molar-refractivity contribution in [3.05, 3.63) is 96.1 Å². The van der Waals surface area contributed by atoms with Gasteiger partial charge in [0.25, 0.3) is 11.4 Å². The third kappa shape index (κ3) is 3.48. The van der Waals surface area contributed by atoms with Gasteiger partial charge >= 0.3 is 0 Å². The van der Waals surface area contributed by atoms with Crippen molar-refractivity contribution in [2.24, 2.45) is 5.29 Å². The van der Waals surface area contributed by atoms with E-state index in [0.29, 0.717) is 5.70 Å². The number of allylic oxidation sites excluding steroid dienone is 1. The highest BCUT2D eigenvalue weighted by Gasteiger charge is 2.43. The number of hydrogen-bond acceptors (Lipinski definition) is 8.